The molecule has 2 aliphatic heterocycles. The molecule has 1 N–H and O–H groups in total. The van der Waals surface area contributed by atoms with E-state index >= 15 is 0 Å². The largest absolute Gasteiger partial charge is 0.482 e. The van der Waals surface area contributed by atoms with Crippen LogP contribution in [-0.2, 0) is 9.59 Å². The topological polar surface area (TPSA) is 79.0 Å². The van der Waals surface area contributed by atoms with Crippen molar-refractivity contribution in [3.63, 3.8) is 0 Å². The minimum atomic E-state index is -0.228. The molecular weight excluding hydrogens is 298 g/mol. The molecule has 1 aromatic rings. The molecule has 0 radical (unpaired) electrons. The number of nitrogens with one attached hydrogen (secondary N) is 1. The maximum atomic E-state index is 12.6. The van der Waals surface area contributed by atoms with E-state index in [1.807, 2.05) is 6.92 Å². The summed E-state index contributed by atoms with van der Waals surface area (Å²) in [6, 6.07) is 5.03. The molecule has 7 heteroatoms. The zero-order valence-corrected chi connectivity index (χ0v) is 13.0. The Hall–Kier alpha value is -2.57. The molecule has 2 aliphatic rings. The van der Waals surface area contributed by atoms with Crippen molar-refractivity contribution < 1.29 is 19.1 Å². The van der Waals surface area contributed by atoms with Crippen molar-refractivity contribution in [1.82, 2.24) is 9.80 Å². The van der Waals surface area contributed by atoms with Crippen LogP contribution in [0.3, 0.4) is 0 Å². The van der Waals surface area contributed by atoms with E-state index in [-0.39, 0.29) is 24.3 Å². The lowest BCUT2D eigenvalue weighted by Gasteiger charge is -2.34. The molecular formula is C16H19N3O4. The van der Waals surface area contributed by atoms with Crippen LogP contribution in [0.4, 0.5) is 5.69 Å². The van der Waals surface area contributed by atoms with Gasteiger partial charge in [0.2, 0.25) is 5.91 Å². The molecule has 23 heavy (non-hydrogen) atoms. The fraction of sp³-hybridized carbons (Fsp3) is 0.438. The summed E-state index contributed by atoms with van der Waals surface area (Å²) in [5, 5.41) is 2.70. The molecule has 0 unspecified atom stereocenters. The molecule has 1 aromatic carbocycles. The van der Waals surface area contributed by atoms with Crippen LogP contribution in [0.5, 0.6) is 5.75 Å². The van der Waals surface area contributed by atoms with Gasteiger partial charge in [-0.2, -0.15) is 0 Å². The predicted molar refractivity (Wildman–Crippen MR) is 83.3 cm³/mol. The lowest BCUT2D eigenvalue weighted by molar-refractivity contribution is -0.132. The van der Waals surface area contributed by atoms with Gasteiger partial charge in [-0.15, -0.1) is 0 Å². The summed E-state index contributed by atoms with van der Waals surface area (Å²) < 4.78 is 5.29. The van der Waals surface area contributed by atoms with Crippen LogP contribution in [0, 0.1) is 0 Å². The van der Waals surface area contributed by atoms with E-state index in [0.29, 0.717) is 49.6 Å². The average Bonchev–Trinajstić information content (AvgIpc) is 2.59. The highest BCUT2D eigenvalue weighted by Gasteiger charge is 2.25. The predicted octanol–water partition coefficient (Wildman–Crippen LogP) is 0.712. The second-order valence-electron chi connectivity index (χ2n) is 5.57. The number of carbonyl (C=O) groups excluding carboxylic acids is 3. The number of fused-ring (bicyclic) bond motifs is 1. The van der Waals surface area contributed by atoms with Crippen LogP contribution < -0.4 is 10.1 Å². The van der Waals surface area contributed by atoms with Gasteiger partial charge in [-0.05, 0) is 18.2 Å². The van der Waals surface area contributed by atoms with Crippen molar-refractivity contribution in [2.75, 3.05) is 38.1 Å². The zero-order valence-electron chi connectivity index (χ0n) is 13.0. The normalized spacial score (nSPS) is 17.2. The highest BCUT2D eigenvalue weighted by Crippen LogP contribution is 2.29. The lowest BCUT2D eigenvalue weighted by atomic mass is 10.1. The first kappa shape index (κ1) is 15.3. The maximum Gasteiger partial charge on any atom is 0.262 e. The summed E-state index contributed by atoms with van der Waals surface area (Å²) in [6.45, 7) is 3.98. The van der Waals surface area contributed by atoms with Crippen molar-refractivity contribution in [3.05, 3.63) is 23.8 Å². The molecule has 7 nitrogen and oxygen atoms in total. The van der Waals surface area contributed by atoms with E-state index < -0.39 is 0 Å². The van der Waals surface area contributed by atoms with Gasteiger partial charge in [0.1, 0.15) is 5.75 Å². The summed E-state index contributed by atoms with van der Waals surface area (Å²) >= 11 is 0. The third-order valence-corrected chi connectivity index (χ3v) is 4.08. The van der Waals surface area contributed by atoms with Crippen molar-refractivity contribution in [3.8, 4) is 5.75 Å². The zero-order chi connectivity index (χ0) is 16.4. The summed E-state index contributed by atoms with van der Waals surface area (Å²) in [7, 11) is 0. The third-order valence-electron chi connectivity index (χ3n) is 4.08. The van der Waals surface area contributed by atoms with Crippen LogP contribution in [0.2, 0.25) is 0 Å². The highest BCUT2D eigenvalue weighted by atomic mass is 16.5. The Morgan fingerprint density at radius 2 is 1.87 bits per heavy atom. The fourth-order valence-corrected chi connectivity index (χ4v) is 2.78. The van der Waals surface area contributed by atoms with Gasteiger partial charge in [0.25, 0.3) is 11.8 Å². The number of hydrogen-bond donors (Lipinski definition) is 1. The molecule has 1 saturated heterocycles. The third kappa shape index (κ3) is 3.13. The van der Waals surface area contributed by atoms with Crippen LogP contribution in [0.15, 0.2) is 18.2 Å². The second-order valence-corrected chi connectivity index (χ2v) is 5.57. The molecule has 122 valence electrons. The Labute approximate surface area is 134 Å². The maximum absolute atomic E-state index is 12.6. The van der Waals surface area contributed by atoms with Gasteiger partial charge in [0, 0.05) is 38.2 Å². The summed E-state index contributed by atoms with van der Waals surface area (Å²) in [6.07, 6.45) is 0.485. The molecule has 3 amide bonds. The molecule has 3 rings (SSSR count). The first-order chi connectivity index (χ1) is 11.1. The van der Waals surface area contributed by atoms with Crippen molar-refractivity contribution in [2.24, 2.45) is 0 Å². The SMILES string of the molecule is CCC(=O)N1CCN(C(=O)c2ccc3c(c2)NC(=O)CO3)CC1. The summed E-state index contributed by atoms with van der Waals surface area (Å²) in [5.41, 5.74) is 1.02. The average molecular weight is 317 g/mol. The summed E-state index contributed by atoms with van der Waals surface area (Å²) in [4.78, 5) is 39.1. The van der Waals surface area contributed by atoms with E-state index in [4.69, 9.17) is 4.74 Å². The minimum absolute atomic E-state index is 0.00624. The Kier molecular flexibility index (Phi) is 4.18. The molecule has 2 heterocycles. The number of ether oxygens (including phenoxy) is 1. The standard InChI is InChI=1S/C16H19N3O4/c1-2-15(21)18-5-7-19(8-6-18)16(22)11-3-4-13-12(9-11)17-14(20)10-23-13/h3-4,9H,2,5-8,10H2,1H3,(H,17,20). The van der Waals surface area contributed by atoms with Gasteiger partial charge in [-0.3, -0.25) is 14.4 Å². The number of hydrogen-bond acceptors (Lipinski definition) is 4. The minimum Gasteiger partial charge on any atom is -0.482 e. The summed E-state index contributed by atoms with van der Waals surface area (Å²) in [5.74, 6) is 0.357. The number of carbonyl (C=O) groups is 3. The van der Waals surface area contributed by atoms with Crippen LogP contribution in [0.25, 0.3) is 0 Å². The molecule has 0 atom stereocenters. The van der Waals surface area contributed by atoms with Crippen LogP contribution >= 0.6 is 0 Å². The molecule has 0 aliphatic carbocycles. The molecule has 0 bridgehead atoms. The van der Waals surface area contributed by atoms with Gasteiger partial charge in [-0.1, -0.05) is 6.92 Å². The van der Waals surface area contributed by atoms with Crippen LogP contribution in [-0.4, -0.2) is 60.3 Å². The number of rotatable bonds is 2. The van der Waals surface area contributed by atoms with E-state index in [2.05, 4.69) is 5.32 Å². The van der Waals surface area contributed by atoms with Gasteiger partial charge in [-0.25, -0.2) is 0 Å². The Morgan fingerprint density at radius 3 is 2.57 bits per heavy atom. The quantitative estimate of drug-likeness (QED) is 0.871. The van der Waals surface area contributed by atoms with E-state index in [9.17, 15) is 14.4 Å². The Bertz CT molecular complexity index is 651. The smallest absolute Gasteiger partial charge is 0.262 e. The molecule has 0 saturated carbocycles. The van der Waals surface area contributed by atoms with Crippen molar-refractivity contribution >= 4 is 23.4 Å². The number of anilines is 1. The lowest BCUT2D eigenvalue weighted by Crippen LogP contribution is -2.50. The van der Waals surface area contributed by atoms with Gasteiger partial charge in [0.05, 0.1) is 5.69 Å². The van der Waals surface area contributed by atoms with Crippen LogP contribution in [0.1, 0.15) is 23.7 Å². The van der Waals surface area contributed by atoms with E-state index in [0.717, 1.165) is 0 Å². The molecule has 1 fully saturated rings. The van der Waals surface area contributed by atoms with E-state index in [1.54, 1.807) is 28.0 Å². The first-order valence-electron chi connectivity index (χ1n) is 7.72. The Balaban J connectivity index is 1.68. The molecule has 0 aromatic heterocycles. The number of nitrogens with zero attached hydrogens (tertiary/aromatic N) is 2. The first-order valence-corrected chi connectivity index (χ1v) is 7.72. The van der Waals surface area contributed by atoms with Gasteiger partial charge in [0.15, 0.2) is 6.61 Å². The van der Waals surface area contributed by atoms with E-state index in [1.165, 1.54) is 0 Å². The fourth-order valence-electron chi connectivity index (χ4n) is 2.78. The number of amides is 3. The Morgan fingerprint density at radius 1 is 1.17 bits per heavy atom. The monoisotopic (exact) mass is 317 g/mol. The van der Waals surface area contributed by atoms with Crippen molar-refractivity contribution in [2.45, 2.75) is 13.3 Å². The number of piperazine rings is 1. The van der Waals surface area contributed by atoms with Gasteiger partial charge < -0.3 is 19.9 Å². The number of benzene rings is 1. The van der Waals surface area contributed by atoms with Crippen molar-refractivity contribution in [1.29, 1.82) is 0 Å². The molecule has 0 spiro atoms. The highest BCUT2D eigenvalue weighted by molar-refractivity contribution is 6.00. The van der Waals surface area contributed by atoms with Gasteiger partial charge >= 0.3 is 0 Å². The second kappa shape index (κ2) is 6.28.